The normalized spacial score (nSPS) is 20.2. The first-order chi connectivity index (χ1) is 10.0. The van der Waals surface area contributed by atoms with Crippen LogP contribution in [0, 0.1) is 5.92 Å². The van der Waals surface area contributed by atoms with Crippen LogP contribution in [0.4, 0.5) is 11.4 Å². The largest absolute Gasteiger partial charge is 0.497 e. The first-order valence-electron chi connectivity index (χ1n) is 7.14. The number of hydrogen-bond donors (Lipinski definition) is 3. The van der Waals surface area contributed by atoms with Crippen LogP contribution in [0.1, 0.15) is 13.3 Å². The molecule has 1 aromatic rings. The summed E-state index contributed by atoms with van der Waals surface area (Å²) < 4.78 is 5.08. The van der Waals surface area contributed by atoms with Crippen molar-refractivity contribution in [3.8, 4) is 5.75 Å². The van der Waals surface area contributed by atoms with Gasteiger partial charge in [-0.25, -0.2) is 0 Å². The Morgan fingerprint density at radius 1 is 1.62 bits per heavy atom. The number of likely N-dealkylation sites (tertiary alicyclic amines) is 1. The molecule has 1 saturated heterocycles. The predicted octanol–water partition coefficient (Wildman–Crippen LogP) is 0.919. The van der Waals surface area contributed by atoms with E-state index in [4.69, 9.17) is 15.6 Å². The van der Waals surface area contributed by atoms with Crippen LogP contribution in [0.2, 0.25) is 0 Å². The van der Waals surface area contributed by atoms with Crippen LogP contribution >= 0.6 is 0 Å². The number of hydrogen-bond acceptors (Lipinski definition) is 5. The number of benzene rings is 1. The molecule has 1 amide bonds. The SMILES string of the molecule is COc1ccc(NC(=O)C(C)N2CCC(CO)C2)c(N)c1. The van der Waals surface area contributed by atoms with E-state index in [-0.39, 0.29) is 24.5 Å². The average Bonchev–Trinajstić information content (AvgIpc) is 2.97. The molecule has 0 aromatic heterocycles. The van der Waals surface area contributed by atoms with Crippen LogP contribution in [0.25, 0.3) is 0 Å². The number of nitrogens with one attached hydrogen (secondary N) is 1. The third-order valence-corrected chi connectivity index (χ3v) is 4.02. The third-order valence-electron chi connectivity index (χ3n) is 4.02. The molecule has 0 aliphatic carbocycles. The van der Waals surface area contributed by atoms with Gasteiger partial charge in [-0.1, -0.05) is 0 Å². The van der Waals surface area contributed by atoms with Crippen LogP contribution in [0.3, 0.4) is 0 Å². The Bertz CT molecular complexity index is 507. The number of amides is 1. The number of aliphatic hydroxyl groups is 1. The van der Waals surface area contributed by atoms with E-state index in [1.165, 1.54) is 0 Å². The highest BCUT2D eigenvalue weighted by Crippen LogP contribution is 2.25. The topological polar surface area (TPSA) is 87.8 Å². The van der Waals surface area contributed by atoms with Crippen molar-refractivity contribution in [1.29, 1.82) is 0 Å². The van der Waals surface area contributed by atoms with Crippen LogP contribution in [0.5, 0.6) is 5.75 Å². The zero-order valence-electron chi connectivity index (χ0n) is 12.5. The van der Waals surface area contributed by atoms with Gasteiger partial charge in [0.1, 0.15) is 5.75 Å². The summed E-state index contributed by atoms with van der Waals surface area (Å²) in [5, 5.41) is 12.0. The molecular formula is C15H23N3O3. The highest BCUT2D eigenvalue weighted by molar-refractivity contribution is 5.97. The van der Waals surface area contributed by atoms with Crippen molar-refractivity contribution in [2.75, 3.05) is 37.9 Å². The Balaban J connectivity index is 1.98. The molecule has 0 spiro atoms. The quantitative estimate of drug-likeness (QED) is 0.703. The molecule has 1 aliphatic rings. The van der Waals surface area contributed by atoms with Crippen molar-refractivity contribution in [1.82, 2.24) is 4.90 Å². The minimum absolute atomic E-state index is 0.0922. The number of nitrogen functional groups attached to an aromatic ring is 1. The summed E-state index contributed by atoms with van der Waals surface area (Å²) in [6, 6.07) is 4.92. The van der Waals surface area contributed by atoms with Gasteiger partial charge in [-0.05, 0) is 37.9 Å². The maximum Gasteiger partial charge on any atom is 0.241 e. The maximum absolute atomic E-state index is 12.3. The number of ether oxygens (including phenoxy) is 1. The molecule has 2 rings (SSSR count). The van der Waals surface area contributed by atoms with E-state index < -0.39 is 0 Å². The summed E-state index contributed by atoms with van der Waals surface area (Å²) in [7, 11) is 1.57. The Kier molecular flexibility index (Phi) is 5.03. The van der Waals surface area contributed by atoms with Crippen LogP contribution in [0.15, 0.2) is 18.2 Å². The number of methoxy groups -OCH3 is 1. The van der Waals surface area contributed by atoms with Gasteiger partial charge < -0.3 is 20.9 Å². The number of rotatable bonds is 5. The number of carbonyl (C=O) groups excluding carboxylic acids is 1. The number of nitrogens with two attached hydrogens (primary N) is 1. The molecule has 1 aromatic carbocycles. The van der Waals surface area contributed by atoms with E-state index in [1.807, 2.05) is 6.92 Å². The van der Waals surface area contributed by atoms with Gasteiger partial charge in [0.05, 0.1) is 24.5 Å². The molecule has 6 heteroatoms. The number of aliphatic hydroxyl groups excluding tert-OH is 1. The molecule has 4 N–H and O–H groups in total. The first kappa shape index (κ1) is 15.6. The lowest BCUT2D eigenvalue weighted by atomic mass is 10.1. The summed E-state index contributed by atoms with van der Waals surface area (Å²) in [4.78, 5) is 14.4. The lowest BCUT2D eigenvalue weighted by Crippen LogP contribution is -2.41. The fourth-order valence-corrected chi connectivity index (χ4v) is 2.55. The molecule has 0 radical (unpaired) electrons. The minimum atomic E-state index is -0.247. The average molecular weight is 293 g/mol. The van der Waals surface area contributed by atoms with Gasteiger partial charge in [-0.2, -0.15) is 0 Å². The standard InChI is InChI=1S/C15H23N3O3/c1-10(18-6-5-11(8-18)9-19)15(20)17-14-4-3-12(21-2)7-13(14)16/h3-4,7,10-11,19H,5-6,8-9,16H2,1-2H3,(H,17,20). The molecule has 6 nitrogen and oxygen atoms in total. The maximum atomic E-state index is 12.3. The van der Waals surface area contributed by atoms with Gasteiger partial charge in [-0.3, -0.25) is 9.69 Å². The van der Waals surface area contributed by atoms with Crippen LogP contribution in [-0.4, -0.2) is 48.8 Å². The summed E-state index contributed by atoms with van der Waals surface area (Å²) in [5.74, 6) is 0.834. The summed E-state index contributed by atoms with van der Waals surface area (Å²) >= 11 is 0. The second kappa shape index (κ2) is 6.78. The van der Waals surface area contributed by atoms with E-state index >= 15 is 0 Å². The lowest BCUT2D eigenvalue weighted by molar-refractivity contribution is -0.120. The molecule has 1 heterocycles. The van der Waals surface area contributed by atoms with E-state index in [2.05, 4.69) is 10.2 Å². The van der Waals surface area contributed by atoms with Gasteiger partial charge in [0.15, 0.2) is 0 Å². The van der Waals surface area contributed by atoms with Gasteiger partial charge >= 0.3 is 0 Å². The van der Waals surface area contributed by atoms with Crippen molar-refractivity contribution in [2.45, 2.75) is 19.4 Å². The van der Waals surface area contributed by atoms with Crippen molar-refractivity contribution in [2.24, 2.45) is 5.92 Å². The van der Waals surface area contributed by atoms with Gasteiger partial charge in [0.2, 0.25) is 5.91 Å². The van der Waals surface area contributed by atoms with Crippen LogP contribution in [-0.2, 0) is 4.79 Å². The zero-order valence-corrected chi connectivity index (χ0v) is 12.5. The molecule has 21 heavy (non-hydrogen) atoms. The van der Waals surface area contributed by atoms with Crippen molar-refractivity contribution >= 4 is 17.3 Å². The second-order valence-corrected chi connectivity index (χ2v) is 5.45. The van der Waals surface area contributed by atoms with Gasteiger partial charge in [-0.15, -0.1) is 0 Å². The van der Waals surface area contributed by atoms with Gasteiger partial charge in [0.25, 0.3) is 0 Å². The van der Waals surface area contributed by atoms with E-state index in [0.717, 1.165) is 19.5 Å². The molecule has 116 valence electrons. The fraction of sp³-hybridized carbons (Fsp3) is 0.533. The third kappa shape index (κ3) is 3.65. The first-order valence-corrected chi connectivity index (χ1v) is 7.14. The molecular weight excluding hydrogens is 270 g/mol. The lowest BCUT2D eigenvalue weighted by Gasteiger charge is -2.23. The Morgan fingerprint density at radius 3 is 2.95 bits per heavy atom. The zero-order chi connectivity index (χ0) is 15.4. The van der Waals surface area contributed by atoms with E-state index in [0.29, 0.717) is 17.1 Å². The van der Waals surface area contributed by atoms with E-state index in [1.54, 1.807) is 25.3 Å². The molecule has 1 aliphatic heterocycles. The smallest absolute Gasteiger partial charge is 0.241 e. The summed E-state index contributed by atoms with van der Waals surface area (Å²) in [5.41, 5.74) is 6.97. The van der Waals surface area contributed by atoms with Crippen molar-refractivity contribution in [3.05, 3.63) is 18.2 Å². The molecule has 0 bridgehead atoms. The molecule has 1 fully saturated rings. The van der Waals surface area contributed by atoms with E-state index in [9.17, 15) is 4.79 Å². The van der Waals surface area contributed by atoms with Gasteiger partial charge in [0, 0.05) is 19.2 Å². The second-order valence-electron chi connectivity index (χ2n) is 5.45. The van der Waals surface area contributed by atoms with Crippen molar-refractivity contribution < 1.29 is 14.6 Å². The monoisotopic (exact) mass is 293 g/mol. The number of anilines is 2. The van der Waals surface area contributed by atoms with Crippen LogP contribution < -0.4 is 15.8 Å². The Labute approximate surface area is 124 Å². The highest BCUT2D eigenvalue weighted by Gasteiger charge is 2.29. The number of carbonyl (C=O) groups is 1. The summed E-state index contributed by atoms with van der Waals surface area (Å²) in [6.07, 6.45) is 0.929. The van der Waals surface area contributed by atoms with Crippen molar-refractivity contribution in [3.63, 3.8) is 0 Å². The highest BCUT2D eigenvalue weighted by atomic mass is 16.5. The molecule has 2 atom stereocenters. The summed E-state index contributed by atoms with van der Waals surface area (Å²) in [6.45, 7) is 3.63. The molecule has 0 saturated carbocycles. The number of nitrogens with zero attached hydrogens (tertiary/aromatic N) is 1. The molecule has 2 unspecified atom stereocenters. The minimum Gasteiger partial charge on any atom is -0.497 e. The fourth-order valence-electron chi connectivity index (χ4n) is 2.55. The Hall–Kier alpha value is -1.79. The Morgan fingerprint density at radius 2 is 2.38 bits per heavy atom. The predicted molar refractivity (Wildman–Crippen MR) is 82.3 cm³/mol.